The molecule has 6 heteroatoms. The number of hydrogen-bond acceptors (Lipinski definition) is 4. The molecule has 0 saturated heterocycles. The average molecular weight is 428 g/mol. The molecule has 0 aliphatic rings. The summed E-state index contributed by atoms with van der Waals surface area (Å²) in [6.45, 7) is -0.164. The van der Waals surface area contributed by atoms with Crippen LogP contribution in [0.25, 0.3) is 10.8 Å². The number of halogens is 1. The molecular formula is C21H18BrNO4. The zero-order chi connectivity index (χ0) is 19.4. The lowest BCUT2D eigenvalue weighted by Gasteiger charge is -2.20. The smallest absolute Gasteiger partial charge is 0.339 e. The number of esters is 1. The zero-order valence-corrected chi connectivity index (χ0v) is 16.5. The molecule has 0 saturated carbocycles. The third kappa shape index (κ3) is 3.95. The van der Waals surface area contributed by atoms with Gasteiger partial charge in [0.2, 0.25) is 0 Å². The van der Waals surface area contributed by atoms with E-state index in [2.05, 4.69) is 15.9 Å². The third-order valence-electron chi connectivity index (χ3n) is 4.22. The fourth-order valence-corrected chi connectivity index (χ4v) is 3.35. The minimum Gasteiger partial charge on any atom is -0.483 e. The van der Waals surface area contributed by atoms with Crippen LogP contribution >= 0.6 is 15.9 Å². The van der Waals surface area contributed by atoms with Crippen LogP contribution < -0.4 is 9.64 Å². The fraction of sp³-hybridized carbons (Fsp3) is 0.143. The van der Waals surface area contributed by atoms with E-state index in [1.54, 1.807) is 31.3 Å². The van der Waals surface area contributed by atoms with E-state index in [1.807, 2.05) is 36.4 Å². The van der Waals surface area contributed by atoms with E-state index in [-0.39, 0.29) is 12.5 Å². The Labute approximate surface area is 165 Å². The van der Waals surface area contributed by atoms with Crippen molar-refractivity contribution in [2.75, 3.05) is 25.7 Å². The van der Waals surface area contributed by atoms with E-state index >= 15 is 0 Å². The molecule has 0 bridgehead atoms. The van der Waals surface area contributed by atoms with E-state index in [1.165, 1.54) is 12.0 Å². The Hall–Kier alpha value is -2.86. The Morgan fingerprint density at radius 1 is 1.00 bits per heavy atom. The molecule has 3 aromatic rings. The number of likely N-dealkylation sites (N-methyl/N-ethyl adjacent to an activating group) is 1. The standard InChI is InChI=1S/C21H18BrNO4/c1-23(17-10-6-5-9-16(17)21(25)26-2)19(24)13-27-18-12-11-14-7-3-4-8-15(14)20(18)22/h3-12H,13H2,1-2H3. The monoisotopic (exact) mass is 427 g/mol. The Bertz CT molecular complexity index is 1000. The van der Waals surface area contributed by atoms with Crippen LogP contribution in [0.15, 0.2) is 65.1 Å². The van der Waals surface area contributed by atoms with Crippen LogP contribution in [0.4, 0.5) is 5.69 Å². The van der Waals surface area contributed by atoms with Crippen molar-refractivity contribution in [3.8, 4) is 5.75 Å². The van der Waals surface area contributed by atoms with Crippen LogP contribution in [0.1, 0.15) is 10.4 Å². The summed E-state index contributed by atoms with van der Waals surface area (Å²) < 4.78 is 11.3. The van der Waals surface area contributed by atoms with E-state index in [9.17, 15) is 9.59 Å². The highest BCUT2D eigenvalue weighted by Gasteiger charge is 2.19. The lowest BCUT2D eigenvalue weighted by molar-refractivity contribution is -0.120. The minimum absolute atomic E-state index is 0.164. The van der Waals surface area contributed by atoms with Gasteiger partial charge < -0.3 is 14.4 Å². The molecule has 0 N–H and O–H groups in total. The Morgan fingerprint density at radius 2 is 1.70 bits per heavy atom. The van der Waals surface area contributed by atoms with Crippen molar-refractivity contribution in [1.82, 2.24) is 0 Å². The molecule has 0 unspecified atom stereocenters. The van der Waals surface area contributed by atoms with Crippen molar-refractivity contribution in [2.24, 2.45) is 0 Å². The predicted octanol–water partition coefficient (Wildman–Crippen LogP) is 4.43. The topological polar surface area (TPSA) is 55.8 Å². The molecule has 0 aromatic heterocycles. The first-order valence-corrected chi connectivity index (χ1v) is 9.06. The van der Waals surface area contributed by atoms with Gasteiger partial charge in [0.15, 0.2) is 6.61 Å². The van der Waals surface area contributed by atoms with Crippen LogP contribution in [0, 0.1) is 0 Å². The molecule has 0 atom stereocenters. The summed E-state index contributed by atoms with van der Waals surface area (Å²) in [5.74, 6) is -0.202. The number of carbonyl (C=O) groups is 2. The maximum atomic E-state index is 12.6. The summed E-state index contributed by atoms with van der Waals surface area (Å²) in [6, 6.07) is 18.4. The summed E-state index contributed by atoms with van der Waals surface area (Å²) in [5, 5.41) is 2.08. The summed E-state index contributed by atoms with van der Waals surface area (Å²) in [6.07, 6.45) is 0. The van der Waals surface area contributed by atoms with Crippen LogP contribution in [-0.4, -0.2) is 32.6 Å². The number of fused-ring (bicyclic) bond motifs is 1. The van der Waals surface area contributed by atoms with Crippen LogP contribution in [0.2, 0.25) is 0 Å². The molecule has 0 aliphatic carbocycles. The molecule has 27 heavy (non-hydrogen) atoms. The number of nitrogens with zero attached hydrogens (tertiary/aromatic N) is 1. The number of rotatable bonds is 5. The Balaban J connectivity index is 1.77. The SMILES string of the molecule is COC(=O)c1ccccc1N(C)C(=O)COc1ccc2ccccc2c1Br. The molecule has 1 amide bonds. The van der Waals surface area contributed by atoms with E-state index in [0.717, 1.165) is 15.2 Å². The van der Waals surface area contributed by atoms with Gasteiger partial charge in [0.05, 0.1) is 22.8 Å². The van der Waals surface area contributed by atoms with E-state index in [0.29, 0.717) is 17.0 Å². The predicted molar refractivity (Wildman–Crippen MR) is 108 cm³/mol. The molecular weight excluding hydrogens is 410 g/mol. The van der Waals surface area contributed by atoms with Gasteiger partial charge in [-0.05, 0) is 44.9 Å². The maximum absolute atomic E-state index is 12.6. The number of hydrogen-bond donors (Lipinski definition) is 0. The van der Waals surface area contributed by atoms with Crippen molar-refractivity contribution in [3.63, 3.8) is 0 Å². The molecule has 0 spiro atoms. The van der Waals surface area contributed by atoms with Gasteiger partial charge in [-0.2, -0.15) is 0 Å². The number of ether oxygens (including phenoxy) is 2. The van der Waals surface area contributed by atoms with Gasteiger partial charge in [0.25, 0.3) is 5.91 Å². The molecule has 0 aliphatic heterocycles. The Morgan fingerprint density at radius 3 is 2.48 bits per heavy atom. The van der Waals surface area contributed by atoms with Gasteiger partial charge in [0, 0.05) is 7.05 Å². The molecule has 5 nitrogen and oxygen atoms in total. The van der Waals surface area contributed by atoms with Crippen LogP contribution in [0.3, 0.4) is 0 Å². The van der Waals surface area contributed by atoms with Gasteiger partial charge in [-0.25, -0.2) is 4.79 Å². The highest BCUT2D eigenvalue weighted by atomic mass is 79.9. The van der Waals surface area contributed by atoms with Gasteiger partial charge in [-0.1, -0.05) is 42.5 Å². The van der Waals surface area contributed by atoms with Crippen molar-refractivity contribution < 1.29 is 19.1 Å². The summed E-state index contributed by atoms with van der Waals surface area (Å²) >= 11 is 3.54. The average Bonchev–Trinajstić information content (AvgIpc) is 2.72. The Kier molecular flexibility index (Phi) is 5.76. The highest BCUT2D eigenvalue weighted by Crippen LogP contribution is 2.33. The second-order valence-electron chi connectivity index (χ2n) is 5.85. The second kappa shape index (κ2) is 8.22. The van der Waals surface area contributed by atoms with E-state index in [4.69, 9.17) is 9.47 Å². The molecule has 0 heterocycles. The highest BCUT2D eigenvalue weighted by molar-refractivity contribution is 9.10. The van der Waals surface area contributed by atoms with Gasteiger partial charge in [-0.3, -0.25) is 4.79 Å². The fourth-order valence-electron chi connectivity index (χ4n) is 2.74. The van der Waals surface area contributed by atoms with Gasteiger partial charge in [-0.15, -0.1) is 0 Å². The molecule has 0 radical (unpaired) electrons. The van der Waals surface area contributed by atoms with Crippen molar-refractivity contribution in [2.45, 2.75) is 0 Å². The molecule has 138 valence electrons. The van der Waals surface area contributed by atoms with Crippen molar-refractivity contribution in [1.29, 1.82) is 0 Å². The van der Waals surface area contributed by atoms with Crippen LogP contribution in [-0.2, 0) is 9.53 Å². The first-order chi connectivity index (χ1) is 13.0. The summed E-state index contributed by atoms with van der Waals surface area (Å²) in [5.41, 5.74) is 0.790. The number of benzene rings is 3. The maximum Gasteiger partial charge on any atom is 0.339 e. The minimum atomic E-state index is -0.497. The molecule has 3 aromatic carbocycles. The number of amides is 1. The van der Waals surface area contributed by atoms with E-state index < -0.39 is 5.97 Å². The zero-order valence-electron chi connectivity index (χ0n) is 14.9. The number of carbonyl (C=O) groups excluding carboxylic acids is 2. The lowest BCUT2D eigenvalue weighted by atomic mass is 10.1. The van der Waals surface area contributed by atoms with Crippen molar-refractivity contribution in [3.05, 3.63) is 70.7 Å². The summed E-state index contributed by atoms with van der Waals surface area (Å²) in [7, 11) is 2.91. The molecule has 3 rings (SSSR count). The van der Waals surface area contributed by atoms with Gasteiger partial charge >= 0.3 is 5.97 Å². The first kappa shape index (κ1) is 18.9. The normalized spacial score (nSPS) is 10.5. The number of methoxy groups -OCH3 is 1. The third-order valence-corrected chi connectivity index (χ3v) is 5.04. The van der Waals surface area contributed by atoms with Gasteiger partial charge in [0.1, 0.15) is 5.75 Å². The first-order valence-electron chi connectivity index (χ1n) is 8.27. The van der Waals surface area contributed by atoms with Crippen molar-refractivity contribution >= 4 is 44.3 Å². The number of anilines is 1. The quantitative estimate of drug-likeness (QED) is 0.565. The molecule has 0 fully saturated rings. The number of para-hydroxylation sites is 1. The lowest BCUT2D eigenvalue weighted by Crippen LogP contribution is -2.32. The largest absolute Gasteiger partial charge is 0.483 e. The second-order valence-corrected chi connectivity index (χ2v) is 6.64. The summed E-state index contributed by atoms with van der Waals surface area (Å²) in [4.78, 5) is 25.9. The van der Waals surface area contributed by atoms with Crippen LogP contribution in [0.5, 0.6) is 5.75 Å².